The Morgan fingerprint density at radius 2 is 1.34 bits per heavy atom. The summed E-state index contributed by atoms with van der Waals surface area (Å²) in [5, 5.41) is 10.5. The number of rotatable bonds is 4. The van der Waals surface area contributed by atoms with Crippen LogP contribution >= 0.6 is 18.6 Å². The molecule has 0 saturated heterocycles. The van der Waals surface area contributed by atoms with Crippen LogP contribution in [0.3, 0.4) is 0 Å². The molecular formula is C22H16Cl2F5NOTi. The van der Waals surface area contributed by atoms with Crippen LogP contribution in [0.25, 0.3) is 11.1 Å². The predicted molar refractivity (Wildman–Crippen MR) is 113 cm³/mol. The summed E-state index contributed by atoms with van der Waals surface area (Å²) in [7, 11) is 9.78. The number of aliphatic imine (C=N–C) groups is 1. The third-order valence-corrected chi connectivity index (χ3v) is 4.42. The number of aromatic hydroxyl groups is 1. The normalized spacial score (nSPS) is 10.9. The Balaban J connectivity index is 0.00000114. The van der Waals surface area contributed by atoms with E-state index in [1.807, 2.05) is 44.2 Å². The number of nitrogens with zero attached hydrogens (tertiary/aromatic N) is 1. The summed E-state index contributed by atoms with van der Waals surface area (Å²) in [6.45, 7) is 3.68. The Morgan fingerprint density at radius 1 is 0.844 bits per heavy atom. The second-order valence-electron chi connectivity index (χ2n) is 6.77. The topological polar surface area (TPSA) is 32.6 Å². The van der Waals surface area contributed by atoms with Crippen LogP contribution in [0.4, 0.5) is 27.6 Å². The summed E-state index contributed by atoms with van der Waals surface area (Å²) in [6, 6.07) is 12.4. The molecule has 0 aliphatic carbocycles. The number of benzene rings is 3. The molecule has 3 aromatic rings. The second-order valence-corrected chi connectivity index (χ2v) is 9.35. The van der Waals surface area contributed by atoms with E-state index in [1.165, 1.54) is 6.07 Å². The average molecular weight is 524 g/mol. The van der Waals surface area contributed by atoms with Gasteiger partial charge in [-0.2, -0.15) is 0 Å². The van der Waals surface area contributed by atoms with Crippen molar-refractivity contribution >= 4 is 30.5 Å². The summed E-state index contributed by atoms with van der Waals surface area (Å²) in [5.74, 6) is -10.8. The molecule has 0 amide bonds. The fourth-order valence-corrected chi connectivity index (χ4v) is 2.86. The van der Waals surface area contributed by atoms with E-state index in [9.17, 15) is 27.1 Å². The summed E-state index contributed by atoms with van der Waals surface area (Å²) < 4.78 is 67.7. The van der Waals surface area contributed by atoms with Crippen molar-refractivity contribution in [2.75, 3.05) is 0 Å². The van der Waals surface area contributed by atoms with Crippen molar-refractivity contribution in [2.24, 2.45) is 4.99 Å². The molecule has 3 aromatic carbocycles. The second kappa shape index (κ2) is 11.8. The average Bonchev–Trinajstić information content (AvgIpc) is 2.78. The molecule has 0 heterocycles. The molecule has 3 rings (SSSR count). The maximum atomic E-state index is 13.9. The van der Waals surface area contributed by atoms with Gasteiger partial charge in [-0.05, 0) is 34.7 Å². The first-order chi connectivity index (χ1) is 15.1. The van der Waals surface area contributed by atoms with E-state index in [-0.39, 0.29) is 17.2 Å². The number of phenols is 1. The van der Waals surface area contributed by atoms with Crippen LogP contribution in [0.1, 0.15) is 30.9 Å². The summed E-state index contributed by atoms with van der Waals surface area (Å²) in [6.07, 6.45) is 0.881. The van der Waals surface area contributed by atoms with Crippen LogP contribution < -0.4 is 0 Å². The molecule has 0 bridgehead atoms. The molecule has 1 N–H and O–H groups in total. The minimum absolute atomic E-state index is 0.0824. The minimum atomic E-state index is -2.25. The molecule has 10 heteroatoms. The van der Waals surface area contributed by atoms with Gasteiger partial charge in [-0.3, -0.25) is 0 Å². The molecule has 0 spiro atoms. The molecular weight excluding hydrogens is 508 g/mol. The molecule has 168 valence electrons. The fourth-order valence-electron chi connectivity index (χ4n) is 2.86. The van der Waals surface area contributed by atoms with Crippen molar-refractivity contribution in [1.82, 2.24) is 0 Å². The maximum absolute atomic E-state index is 13.9. The summed E-state index contributed by atoms with van der Waals surface area (Å²) in [5.41, 5.74) is 0.826. The molecule has 0 radical (unpaired) electrons. The summed E-state index contributed by atoms with van der Waals surface area (Å²) in [4.78, 5) is 3.45. The zero-order valence-corrected chi connectivity index (χ0v) is 19.8. The third kappa shape index (κ3) is 5.90. The molecule has 0 fully saturated rings. The summed E-state index contributed by atoms with van der Waals surface area (Å²) >= 11 is -0.556. The van der Waals surface area contributed by atoms with E-state index in [4.69, 9.17) is 18.6 Å². The van der Waals surface area contributed by atoms with Gasteiger partial charge in [-0.25, -0.2) is 26.9 Å². The SMILES string of the molecule is CC(C)c1cc(-c2ccccc2)cc(C=Nc2c(F)c(F)c(F)c(F)c2F)c1O.[Cl][Ti][Cl]. The Bertz CT molecular complexity index is 1100. The van der Waals surface area contributed by atoms with Crippen molar-refractivity contribution in [1.29, 1.82) is 0 Å². The quantitative estimate of drug-likeness (QED) is 0.121. The van der Waals surface area contributed by atoms with E-state index in [0.717, 1.165) is 11.8 Å². The Labute approximate surface area is 198 Å². The first-order valence-corrected chi connectivity index (χ1v) is 13.4. The van der Waals surface area contributed by atoms with E-state index in [1.54, 1.807) is 6.07 Å². The Kier molecular flexibility index (Phi) is 9.71. The van der Waals surface area contributed by atoms with Gasteiger partial charge >= 0.3 is 35.6 Å². The molecule has 0 saturated carbocycles. The Hall–Kier alpha value is -1.93. The molecule has 2 nitrogen and oxygen atoms in total. The van der Waals surface area contributed by atoms with Crippen LogP contribution in [0.5, 0.6) is 5.75 Å². The Morgan fingerprint density at radius 3 is 1.84 bits per heavy atom. The van der Waals surface area contributed by atoms with Crippen LogP contribution in [0.2, 0.25) is 0 Å². The molecule has 0 unspecified atom stereocenters. The van der Waals surface area contributed by atoms with Crippen molar-refractivity contribution in [3.05, 3.63) is 82.7 Å². The van der Waals surface area contributed by atoms with Crippen molar-refractivity contribution < 1.29 is 44.1 Å². The molecule has 0 aliphatic heterocycles. The monoisotopic (exact) mass is 523 g/mol. The van der Waals surface area contributed by atoms with Gasteiger partial charge in [0.2, 0.25) is 5.82 Å². The van der Waals surface area contributed by atoms with Gasteiger partial charge in [0.25, 0.3) is 0 Å². The van der Waals surface area contributed by atoms with Gasteiger partial charge in [0.1, 0.15) is 11.4 Å². The molecule has 0 atom stereocenters. The zero-order valence-electron chi connectivity index (χ0n) is 16.7. The van der Waals surface area contributed by atoms with Gasteiger partial charge in [0.05, 0.1) is 0 Å². The van der Waals surface area contributed by atoms with E-state index >= 15 is 0 Å². The number of phenolic OH excluding ortho intramolecular Hbond substituents is 1. The first-order valence-electron chi connectivity index (χ1n) is 9.08. The van der Waals surface area contributed by atoms with Crippen molar-refractivity contribution in [2.45, 2.75) is 19.8 Å². The standard InChI is InChI=1S/C22H16F5NO.2ClH.Ti/c1-11(2)15-9-13(12-6-4-3-5-7-12)8-14(22(15)29)10-28-21-19(26)17(24)16(23)18(25)20(21)27;;;/h3-11,29H,1-2H3;2*1H;/q;;;+2/p-2. The molecule has 0 aromatic heterocycles. The van der Waals surface area contributed by atoms with E-state index in [2.05, 4.69) is 4.99 Å². The van der Waals surface area contributed by atoms with Gasteiger partial charge < -0.3 is 5.11 Å². The zero-order chi connectivity index (χ0) is 24.0. The van der Waals surface area contributed by atoms with Crippen molar-refractivity contribution in [3.63, 3.8) is 0 Å². The van der Waals surface area contributed by atoms with Crippen LogP contribution in [0.15, 0.2) is 47.5 Å². The number of hydrogen-bond acceptors (Lipinski definition) is 2. The van der Waals surface area contributed by atoms with Crippen LogP contribution in [-0.2, 0) is 17.0 Å². The molecule has 32 heavy (non-hydrogen) atoms. The van der Waals surface area contributed by atoms with Gasteiger partial charge in [-0.1, -0.05) is 44.2 Å². The van der Waals surface area contributed by atoms with Gasteiger partial charge in [0, 0.05) is 11.8 Å². The van der Waals surface area contributed by atoms with Gasteiger partial charge in [-0.15, -0.1) is 0 Å². The van der Waals surface area contributed by atoms with Crippen molar-refractivity contribution in [3.8, 4) is 16.9 Å². The van der Waals surface area contributed by atoms with Gasteiger partial charge in [0.15, 0.2) is 23.3 Å². The fraction of sp³-hybridized carbons (Fsp3) is 0.136. The van der Waals surface area contributed by atoms with Crippen LogP contribution in [-0.4, -0.2) is 11.3 Å². The third-order valence-electron chi connectivity index (χ3n) is 4.42. The van der Waals surface area contributed by atoms with Crippen LogP contribution in [0, 0.1) is 29.1 Å². The van der Waals surface area contributed by atoms with E-state index in [0.29, 0.717) is 11.1 Å². The number of hydrogen-bond donors (Lipinski definition) is 1. The van der Waals surface area contributed by atoms with E-state index < -0.39 is 51.8 Å². The predicted octanol–water partition coefficient (Wildman–Crippen LogP) is 8.01. The first kappa shape index (κ1) is 26.3. The molecule has 0 aliphatic rings. The number of halogens is 7.